The molecule has 122 valence electrons. The first kappa shape index (κ1) is 15.9. The van der Waals surface area contributed by atoms with E-state index < -0.39 is 0 Å². The Morgan fingerprint density at radius 3 is 2.67 bits per heavy atom. The molecule has 1 atom stereocenters. The van der Waals surface area contributed by atoms with E-state index >= 15 is 0 Å². The van der Waals surface area contributed by atoms with E-state index in [2.05, 4.69) is 27.2 Å². The largest absolute Gasteiger partial charge is 0.508 e. The second kappa shape index (κ2) is 7.08. The van der Waals surface area contributed by atoms with Gasteiger partial charge in [-0.3, -0.25) is 4.98 Å². The molecule has 0 amide bonds. The predicted molar refractivity (Wildman–Crippen MR) is 95.0 cm³/mol. The highest BCUT2D eigenvalue weighted by atomic mass is 16.3. The van der Waals surface area contributed by atoms with E-state index in [-0.39, 0.29) is 5.92 Å². The van der Waals surface area contributed by atoms with Gasteiger partial charge in [-0.15, -0.1) is 0 Å². The molecular weight excluding hydrogens is 300 g/mol. The van der Waals surface area contributed by atoms with Crippen molar-refractivity contribution in [3.8, 4) is 17.0 Å². The molecule has 24 heavy (non-hydrogen) atoms. The number of hydrogen-bond acceptors (Lipinski definition) is 5. The number of aryl methyl sites for hydroxylation is 1. The van der Waals surface area contributed by atoms with Crippen LogP contribution in [0.3, 0.4) is 0 Å². The molecule has 0 aliphatic rings. The van der Waals surface area contributed by atoms with E-state index in [1.54, 1.807) is 12.4 Å². The SMILES string of the molecule is Cc1ccc(-c2cc(NC[C@@H](C)c3ccccc3O)ncn2)cn1. The third kappa shape index (κ3) is 3.68. The maximum atomic E-state index is 9.93. The highest BCUT2D eigenvalue weighted by molar-refractivity contribution is 5.61. The monoisotopic (exact) mass is 320 g/mol. The van der Waals surface area contributed by atoms with Crippen LogP contribution in [0.4, 0.5) is 5.82 Å². The summed E-state index contributed by atoms with van der Waals surface area (Å²) in [4.78, 5) is 12.9. The molecule has 0 fully saturated rings. The van der Waals surface area contributed by atoms with Crippen LogP contribution in [0.25, 0.3) is 11.3 Å². The molecule has 5 nitrogen and oxygen atoms in total. The summed E-state index contributed by atoms with van der Waals surface area (Å²) in [5, 5.41) is 13.2. The molecule has 2 N–H and O–H groups in total. The Hall–Kier alpha value is -2.95. The zero-order valence-corrected chi connectivity index (χ0v) is 13.8. The van der Waals surface area contributed by atoms with Crippen LogP contribution >= 0.6 is 0 Å². The second-order valence-corrected chi connectivity index (χ2v) is 5.82. The number of nitrogens with one attached hydrogen (secondary N) is 1. The predicted octanol–water partition coefficient (Wildman–Crippen LogP) is 3.77. The van der Waals surface area contributed by atoms with Crippen LogP contribution in [0.5, 0.6) is 5.75 Å². The number of benzene rings is 1. The Labute approximate surface area is 141 Å². The van der Waals surface area contributed by atoms with Crippen LogP contribution in [0, 0.1) is 6.92 Å². The maximum Gasteiger partial charge on any atom is 0.129 e. The number of aromatic hydroxyl groups is 1. The standard InChI is InChI=1S/C19H20N4O/c1-13(16-5-3-4-6-18(16)24)10-21-19-9-17(22-12-23-19)15-8-7-14(2)20-11-15/h3-9,11-13,24H,10H2,1-2H3,(H,21,22,23)/t13-/m1/s1. The van der Waals surface area contributed by atoms with Gasteiger partial charge in [0.1, 0.15) is 17.9 Å². The fraction of sp³-hybridized carbons (Fsp3) is 0.211. The molecule has 2 heterocycles. The summed E-state index contributed by atoms with van der Waals surface area (Å²) in [6.07, 6.45) is 3.36. The van der Waals surface area contributed by atoms with E-state index in [0.717, 1.165) is 28.3 Å². The summed E-state index contributed by atoms with van der Waals surface area (Å²) in [5.74, 6) is 1.23. The van der Waals surface area contributed by atoms with Gasteiger partial charge < -0.3 is 10.4 Å². The molecule has 0 spiro atoms. The average Bonchev–Trinajstić information content (AvgIpc) is 2.61. The van der Waals surface area contributed by atoms with Gasteiger partial charge in [0.05, 0.1) is 5.69 Å². The molecule has 2 aromatic heterocycles. The molecule has 0 aliphatic carbocycles. The van der Waals surface area contributed by atoms with Gasteiger partial charge in [0.25, 0.3) is 0 Å². The molecule has 0 aliphatic heterocycles. The first-order valence-corrected chi connectivity index (χ1v) is 7.90. The van der Waals surface area contributed by atoms with Gasteiger partial charge in [-0.05, 0) is 30.7 Å². The van der Waals surface area contributed by atoms with Crippen molar-refractivity contribution in [2.45, 2.75) is 19.8 Å². The number of hydrogen-bond donors (Lipinski definition) is 2. The van der Waals surface area contributed by atoms with E-state index in [1.807, 2.05) is 49.5 Å². The molecule has 0 saturated heterocycles. The molecule has 1 aromatic carbocycles. The number of anilines is 1. The summed E-state index contributed by atoms with van der Waals surface area (Å²) in [7, 11) is 0. The lowest BCUT2D eigenvalue weighted by atomic mass is 10.0. The summed E-state index contributed by atoms with van der Waals surface area (Å²) < 4.78 is 0. The molecule has 0 saturated carbocycles. The van der Waals surface area contributed by atoms with Crippen LogP contribution in [0.2, 0.25) is 0 Å². The Morgan fingerprint density at radius 2 is 1.92 bits per heavy atom. The summed E-state index contributed by atoms with van der Waals surface area (Å²) in [6, 6.07) is 13.3. The van der Waals surface area contributed by atoms with Crippen molar-refractivity contribution in [1.29, 1.82) is 0 Å². The number of phenols is 1. The van der Waals surface area contributed by atoms with Crippen LogP contribution in [0.15, 0.2) is 55.0 Å². The maximum absolute atomic E-state index is 9.93. The minimum atomic E-state index is 0.158. The zero-order chi connectivity index (χ0) is 16.9. The van der Waals surface area contributed by atoms with Crippen molar-refractivity contribution in [3.05, 3.63) is 66.2 Å². The van der Waals surface area contributed by atoms with E-state index in [1.165, 1.54) is 0 Å². The quantitative estimate of drug-likeness (QED) is 0.749. The molecule has 0 radical (unpaired) electrons. The highest BCUT2D eigenvalue weighted by Gasteiger charge is 2.10. The number of aromatic nitrogens is 3. The smallest absolute Gasteiger partial charge is 0.129 e. The summed E-state index contributed by atoms with van der Waals surface area (Å²) >= 11 is 0. The van der Waals surface area contributed by atoms with Gasteiger partial charge in [0.15, 0.2) is 0 Å². The van der Waals surface area contributed by atoms with Crippen LogP contribution in [-0.4, -0.2) is 26.6 Å². The number of para-hydroxylation sites is 1. The Kier molecular flexibility index (Phi) is 4.70. The Bertz CT molecular complexity index is 818. The van der Waals surface area contributed by atoms with Gasteiger partial charge in [-0.25, -0.2) is 9.97 Å². The van der Waals surface area contributed by atoms with Gasteiger partial charge in [-0.1, -0.05) is 25.1 Å². The third-order valence-corrected chi connectivity index (χ3v) is 3.93. The molecule has 3 rings (SSSR count). The van der Waals surface area contributed by atoms with E-state index in [9.17, 15) is 5.11 Å². The van der Waals surface area contributed by atoms with Gasteiger partial charge in [0.2, 0.25) is 0 Å². The number of nitrogens with zero attached hydrogens (tertiary/aromatic N) is 3. The first-order chi connectivity index (χ1) is 11.6. The summed E-state index contributed by atoms with van der Waals surface area (Å²) in [6.45, 7) is 4.69. The van der Waals surface area contributed by atoms with E-state index in [4.69, 9.17) is 0 Å². The van der Waals surface area contributed by atoms with Crippen molar-refractivity contribution in [1.82, 2.24) is 15.0 Å². The number of pyridine rings is 1. The number of rotatable bonds is 5. The molecular formula is C19H20N4O. The molecule has 0 unspecified atom stereocenters. The lowest BCUT2D eigenvalue weighted by Crippen LogP contribution is -2.11. The minimum absolute atomic E-state index is 0.158. The van der Waals surface area contributed by atoms with Gasteiger partial charge in [0, 0.05) is 36.0 Å². The fourth-order valence-corrected chi connectivity index (χ4v) is 2.50. The Balaban J connectivity index is 1.71. The van der Waals surface area contributed by atoms with Crippen LogP contribution in [-0.2, 0) is 0 Å². The lowest BCUT2D eigenvalue weighted by molar-refractivity contribution is 0.464. The minimum Gasteiger partial charge on any atom is -0.508 e. The van der Waals surface area contributed by atoms with Gasteiger partial charge in [-0.2, -0.15) is 0 Å². The van der Waals surface area contributed by atoms with Crippen molar-refractivity contribution >= 4 is 5.82 Å². The third-order valence-electron chi connectivity index (χ3n) is 3.93. The fourth-order valence-electron chi connectivity index (χ4n) is 2.50. The van der Waals surface area contributed by atoms with Crippen molar-refractivity contribution in [3.63, 3.8) is 0 Å². The van der Waals surface area contributed by atoms with Crippen molar-refractivity contribution in [2.75, 3.05) is 11.9 Å². The van der Waals surface area contributed by atoms with Crippen molar-refractivity contribution in [2.24, 2.45) is 0 Å². The zero-order valence-electron chi connectivity index (χ0n) is 13.8. The van der Waals surface area contributed by atoms with Crippen LogP contribution in [0.1, 0.15) is 24.1 Å². The molecule has 5 heteroatoms. The summed E-state index contributed by atoms with van der Waals surface area (Å²) in [5.41, 5.74) is 3.68. The average molecular weight is 320 g/mol. The normalized spacial score (nSPS) is 11.9. The Morgan fingerprint density at radius 1 is 1.08 bits per heavy atom. The number of phenolic OH excluding ortho intramolecular Hbond substituents is 1. The van der Waals surface area contributed by atoms with Crippen LogP contribution < -0.4 is 5.32 Å². The lowest BCUT2D eigenvalue weighted by Gasteiger charge is -2.15. The molecule has 3 aromatic rings. The molecule has 0 bridgehead atoms. The van der Waals surface area contributed by atoms with Gasteiger partial charge >= 0.3 is 0 Å². The second-order valence-electron chi connectivity index (χ2n) is 5.82. The highest BCUT2D eigenvalue weighted by Crippen LogP contribution is 2.25. The topological polar surface area (TPSA) is 70.9 Å². The van der Waals surface area contributed by atoms with E-state index in [0.29, 0.717) is 12.3 Å². The first-order valence-electron chi connectivity index (χ1n) is 7.90. The van der Waals surface area contributed by atoms with Crippen molar-refractivity contribution < 1.29 is 5.11 Å².